The Morgan fingerprint density at radius 2 is 1.92 bits per heavy atom. The summed E-state index contributed by atoms with van der Waals surface area (Å²) in [6.45, 7) is 0.524. The summed E-state index contributed by atoms with van der Waals surface area (Å²) in [5.74, 6) is 0.838. The van der Waals surface area contributed by atoms with E-state index in [-0.39, 0.29) is 29.7 Å². The van der Waals surface area contributed by atoms with Crippen LogP contribution in [0, 0.1) is 11.3 Å². The quantitative estimate of drug-likeness (QED) is 0.746. The Labute approximate surface area is 151 Å². The smallest absolute Gasteiger partial charge is 0.286 e. The second-order valence-corrected chi connectivity index (χ2v) is 7.61. The van der Waals surface area contributed by atoms with Gasteiger partial charge >= 0.3 is 6.18 Å². The van der Waals surface area contributed by atoms with E-state index >= 15 is 0 Å². The van der Waals surface area contributed by atoms with Gasteiger partial charge in [0.05, 0.1) is 11.1 Å². The van der Waals surface area contributed by atoms with Crippen molar-refractivity contribution in [2.24, 2.45) is 0 Å². The van der Waals surface area contributed by atoms with Gasteiger partial charge in [0.1, 0.15) is 11.6 Å². The lowest BCUT2D eigenvalue weighted by Gasteiger charge is -2.20. The lowest BCUT2D eigenvalue weighted by Crippen LogP contribution is -2.29. The van der Waals surface area contributed by atoms with Gasteiger partial charge in [0.2, 0.25) is 0 Å². The molecule has 1 aromatic heterocycles. The molecule has 134 valence electrons. The maximum atomic E-state index is 13.3. The fourth-order valence-corrected chi connectivity index (χ4v) is 4.29. The zero-order valence-corrected chi connectivity index (χ0v) is 14.5. The molecule has 2 aromatic rings. The fourth-order valence-electron chi connectivity index (χ4n) is 3.35. The molecule has 26 heavy (non-hydrogen) atoms. The van der Waals surface area contributed by atoms with Crippen molar-refractivity contribution in [3.05, 3.63) is 45.7 Å². The first-order valence-corrected chi connectivity index (χ1v) is 9.21. The van der Waals surface area contributed by atoms with Crippen LogP contribution in [0.15, 0.2) is 34.2 Å². The van der Waals surface area contributed by atoms with Gasteiger partial charge in [-0.15, -0.1) is 0 Å². The summed E-state index contributed by atoms with van der Waals surface area (Å²) >= 11 is 1.45. The number of alkyl halides is 3. The molecule has 0 saturated heterocycles. The van der Waals surface area contributed by atoms with Gasteiger partial charge in [0.25, 0.3) is 5.56 Å². The average Bonchev–Trinajstić information content (AvgIpc) is 3.44. The molecule has 0 radical (unpaired) electrons. The van der Waals surface area contributed by atoms with Crippen LogP contribution >= 0.6 is 11.8 Å². The Balaban J connectivity index is 1.79. The lowest BCUT2D eigenvalue weighted by molar-refractivity contribution is -0.160. The first-order chi connectivity index (χ1) is 12.4. The predicted octanol–water partition coefficient (Wildman–Crippen LogP) is 3.87. The van der Waals surface area contributed by atoms with Crippen LogP contribution in [0.4, 0.5) is 13.2 Å². The molecular formula is C18H14F3N3OS. The van der Waals surface area contributed by atoms with Crippen LogP contribution in [-0.4, -0.2) is 21.5 Å². The zero-order valence-electron chi connectivity index (χ0n) is 13.6. The van der Waals surface area contributed by atoms with Gasteiger partial charge in [0.15, 0.2) is 5.16 Å². The summed E-state index contributed by atoms with van der Waals surface area (Å²) in [6, 6.07) is 7.82. The van der Waals surface area contributed by atoms with Gasteiger partial charge < -0.3 is 0 Å². The molecule has 1 aromatic carbocycles. The van der Waals surface area contributed by atoms with Crippen molar-refractivity contribution in [2.45, 2.75) is 42.6 Å². The molecule has 4 nitrogen and oxygen atoms in total. The Morgan fingerprint density at radius 1 is 1.23 bits per heavy atom. The van der Waals surface area contributed by atoms with Crippen molar-refractivity contribution < 1.29 is 13.2 Å². The number of nitrogens with zero attached hydrogens (tertiary/aromatic N) is 3. The first kappa shape index (κ1) is 17.2. The van der Waals surface area contributed by atoms with Crippen LogP contribution < -0.4 is 5.56 Å². The molecule has 0 bridgehead atoms. The molecule has 2 heterocycles. The second-order valence-electron chi connectivity index (χ2n) is 6.55. The van der Waals surface area contributed by atoms with Gasteiger partial charge in [-0.25, -0.2) is 4.98 Å². The number of thioether (sulfide) groups is 1. The van der Waals surface area contributed by atoms with Gasteiger partial charge in [-0.05, 0) is 24.8 Å². The normalized spacial score (nSPS) is 18.1. The van der Waals surface area contributed by atoms with E-state index in [4.69, 9.17) is 0 Å². The van der Waals surface area contributed by atoms with Gasteiger partial charge in [-0.2, -0.15) is 18.4 Å². The summed E-state index contributed by atoms with van der Waals surface area (Å²) in [7, 11) is 0. The molecule has 1 aliphatic heterocycles. The van der Waals surface area contributed by atoms with Gasteiger partial charge in [-0.3, -0.25) is 9.36 Å². The molecule has 0 amide bonds. The van der Waals surface area contributed by atoms with E-state index in [0.29, 0.717) is 17.3 Å². The number of hydrogen-bond acceptors (Lipinski definition) is 4. The van der Waals surface area contributed by atoms with E-state index in [9.17, 15) is 23.2 Å². The molecule has 1 fully saturated rings. The lowest BCUT2D eigenvalue weighted by atomic mass is 9.93. The predicted molar refractivity (Wildman–Crippen MR) is 91.0 cm³/mol. The van der Waals surface area contributed by atoms with Crippen molar-refractivity contribution in [1.82, 2.24) is 9.55 Å². The topological polar surface area (TPSA) is 58.7 Å². The van der Waals surface area contributed by atoms with E-state index in [1.54, 1.807) is 0 Å². The maximum absolute atomic E-state index is 13.3. The number of rotatable bonds is 2. The largest absolute Gasteiger partial charge is 0.398 e. The Bertz CT molecular complexity index is 969. The molecule has 0 N–H and O–H groups in total. The highest BCUT2D eigenvalue weighted by Gasteiger charge is 2.64. The monoisotopic (exact) mass is 377 g/mol. The third-order valence-corrected chi connectivity index (χ3v) is 6.07. The highest BCUT2D eigenvalue weighted by Crippen LogP contribution is 2.58. The minimum Gasteiger partial charge on any atom is -0.286 e. The number of aromatic nitrogens is 2. The zero-order chi connectivity index (χ0) is 18.5. The van der Waals surface area contributed by atoms with Gasteiger partial charge in [-0.1, -0.05) is 36.0 Å². The number of nitriles is 1. The number of benzene rings is 1. The molecule has 0 spiro atoms. The van der Waals surface area contributed by atoms with Crippen molar-refractivity contribution in [3.63, 3.8) is 0 Å². The Kier molecular flexibility index (Phi) is 3.88. The highest BCUT2D eigenvalue weighted by molar-refractivity contribution is 7.99. The highest BCUT2D eigenvalue weighted by atomic mass is 32.2. The number of fused-ring (bicyclic) bond motifs is 1. The summed E-state index contributed by atoms with van der Waals surface area (Å²) in [5, 5.41) is 9.95. The molecular weight excluding hydrogens is 363 g/mol. The van der Waals surface area contributed by atoms with Crippen molar-refractivity contribution in [1.29, 1.82) is 5.26 Å². The first-order valence-electron chi connectivity index (χ1n) is 8.23. The fraction of sp³-hybridized carbons (Fsp3) is 0.389. The summed E-state index contributed by atoms with van der Waals surface area (Å²) in [5.41, 5.74) is -1.27. The standard InChI is InChI=1S/C18H14F3N3OS/c19-18(20,21)17(6-7-17)12-4-2-11(3-5-12)14-13(10-22)15(25)24-8-1-9-26-16(24)23-14/h2-5H,1,6-9H2. The summed E-state index contributed by atoms with van der Waals surface area (Å²) in [4.78, 5) is 17.0. The molecule has 8 heteroatoms. The summed E-state index contributed by atoms with van der Waals surface area (Å²) in [6.07, 6.45) is -3.26. The van der Waals surface area contributed by atoms with Crippen LogP contribution in [-0.2, 0) is 12.0 Å². The average molecular weight is 377 g/mol. The molecule has 4 rings (SSSR count). The maximum Gasteiger partial charge on any atom is 0.398 e. The Hall–Kier alpha value is -2.27. The molecule has 2 aliphatic rings. The van der Waals surface area contributed by atoms with Gasteiger partial charge in [0, 0.05) is 17.9 Å². The molecule has 1 saturated carbocycles. The van der Waals surface area contributed by atoms with Crippen molar-refractivity contribution >= 4 is 11.8 Å². The third-order valence-electron chi connectivity index (χ3n) is 5.01. The SMILES string of the molecule is N#Cc1c(-c2ccc(C3(C(F)(F)F)CC3)cc2)nc2n(c1=O)CCCS2. The van der Waals surface area contributed by atoms with Crippen LogP contribution in [0.3, 0.4) is 0 Å². The Morgan fingerprint density at radius 3 is 2.50 bits per heavy atom. The summed E-state index contributed by atoms with van der Waals surface area (Å²) < 4.78 is 41.3. The van der Waals surface area contributed by atoms with Crippen LogP contribution in [0.25, 0.3) is 11.3 Å². The van der Waals surface area contributed by atoms with Crippen molar-refractivity contribution in [2.75, 3.05) is 5.75 Å². The van der Waals surface area contributed by atoms with E-state index in [2.05, 4.69) is 4.98 Å². The van der Waals surface area contributed by atoms with E-state index in [1.807, 2.05) is 6.07 Å². The molecule has 0 atom stereocenters. The second kappa shape index (κ2) is 5.88. The van der Waals surface area contributed by atoms with Crippen LogP contribution in [0.5, 0.6) is 0 Å². The van der Waals surface area contributed by atoms with E-state index in [1.165, 1.54) is 40.6 Å². The van der Waals surface area contributed by atoms with Crippen LogP contribution in [0.1, 0.15) is 30.4 Å². The number of hydrogen-bond donors (Lipinski definition) is 0. The van der Waals surface area contributed by atoms with E-state index in [0.717, 1.165) is 12.2 Å². The molecule has 1 aliphatic carbocycles. The minimum atomic E-state index is -4.27. The third kappa shape index (κ3) is 2.53. The number of halogens is 3. The minimum absolute atomic E-state index is 0.0686. The van der Waals surface area contributed by atoms with Crippen LogP contribution in [0.2, 0.25) is 0 Å². The van der Waals surface area contributed by atoms with Crippen molar-refractivity contribution in [3.8, 4) is 17.3 Å². The molecule has 0 unspecified atom stereocenters. The van der Waals surface area contributed by atoms with E-state index < -0.39 is 17.2 Å².